The van der Waals surface area contributed by atoms with Crippen LogP contribution < -0.4 is 5.32 Å². The molecule has 0 saturated carbocycles. The van der Waals surface area contributed by atoms with Crippen LogP contribution in [0.5, 0.6) is 0 Å². The molecule has 6 nitrogen and oxygen atoms in total. The second-order valence-corrected chi connectivity index (χ2v) is 9.47. The molecule has 1 aliphatic rings. The monoisotopic (exact) mass is 435 g/mol. The van der Waals surface area contributed by atoms with E-state index >= 15 is 0 Å². The van der Waals surface area contributed by atoms with Crippen molar-refractivity contribution >= 4 is 27.5 Å². The van der Waals surface area contributed by atoms with Gasteiger partial charge >= 0.3 is 0 Å². The highest BCUT2D eigenvalue weighted by atomic mass is 35.5. The number of hydrogen-bond donors (Lipinski definition) is 1. The zero-order valence-corrected chi connectivity index (χ0v) is 17.8. The van der Waals surface area contributed by atoms with Crippen molar-refractivity contribution in [1.82, 2.24) is 14.5 Å². The fraction of sp³-hybridized carbons (Fsp3) is 0.381. The maximum Gasteiger partial charge on any atom is 0.255 e. The smallest absolute Gasteiger partial charge is 0.255 e. The maximum absolute atomic E-state index is 13.1. The van der Waals surface area contributed by atoms with E-state index in [1.54, 1.807) is 29.2 Å². The Morgan fingerprint density at radius 3 is 2.34 bits per heavy atom. The molecule has 0 radical (unpaired) electrons. The lowest BCUT2D eigenvalue weighted by Gasteiger charge is -2.28. The molecular formula is C21H26ClN3O3S. The van der Waals surface area contributed by atoms with Crippen LogP contribution in [-0.2, 0) is 16.4 Å². The molecule has 0 aromatic heterocycles. The molecule has 2 aromatic carbocycles. The standard InChI is InChI=1S/C21H26ClN3O3S/c22-20-9-5-4-8-19(20)21(26)24(13-10-18-6-2-1-3-7-18)16-17-29(27,28)25-14-11-23-12-15-25/h1-9,23H,10-17H2. The van der Waals surface area contributed by atoms with Crippen LogP contribution in [0, 0.1) is 0 Å². The topological polar surface area (TPSA) is 69.7 Å². The third kappa shape index (κ3) is 6.02. The average molecular weight is 436 g/mol. The highest BCUT2D eigenvalue weighted by Gasteiger charge is 2.26. The molecule has 0 aliphatic carbocycles. The number of benzene rings is 2. The lowest BCUT2D eigenvalue weighted by atomic mass is 10.1. The van der Waals surface area contributed by atoms with Crippen molar-refractivity contribution in [3.05, 3.63) is 70.7 Å². The highest BCUT2D eigenvalue weighted by molar-refractivity contribution is 7.89. The second kappa shape index (κ2) is 10.2. The van der Waals surface area contributed by atoms with Crippen molar-refractivity contribution in [1.29, 1.82) is 0 Å². The van der Waals surface area contributed by atoms with Gasteiger partial charge in [-0.15, -0.1) is 0 Å². The molecule has 0 atom stereocenters. The van der Waals surface area contributed by atoms with Gasteiger partial charge in [0.1, 0.15) is 0 Å². The van der Waals surface area contributed by atoms with E-state index in [1.807, 2.05) is 30.3 Å². The minimum Gasteiger partial charge on any atom is -0.337 e. The summed E-state index contributed by atoms with van der Waals surface area (Å²) >= 11 is 6.21. The summed E-state index contributed by atoms with van der Waals surface area (Å²) in [5.74, 6) is -0.347. The maximum atomic E-state index is 13.1. The number of nitrogens with zero attached hydrogens (tertiary/aromatic N) is 2. The highest BCUT2D eigenvalue weighted by Crippen LogP contribution is 2.18. The van der Waals surface area contributed by atoms with Crippen molar-refractivity contribution in [3.63, 3.8) is 0 Å². The summed E-state index contributed by atoms with van der Waals surface area (Å²) in [7, 11) is -3.42. The van der Waals surface area contributed by atoms with E-state index < -0.39 is 10.0 Å². The van der Waals surface area contributed by atoms with Crippen molar-refractivity contribution in [3.8, 4) is 0 Å². The minimum absolute atomic E-state index is 0.0992. The first-order valence-corrected chi connectivity index (χ1v) is 11.7. The van der Waals surface area contributed by atoms with E-state index in [0.717, 1.165) is 5.56 Å². The van der Waals surface area contributed by atoms with E-state index in [-0.39, 0.29) is 18.2 Å². The number of nitrogens with one attached hydrogen (secondary N) is 1. The predicted octanol–water partition coefficient (Wildman–Crippen LogP) is 2.26. The van der Waals surface area contributed by atoms with Crippen molar-refractivity contribution < 1.29 is 13.2 Å². The van der Waals surface area contributed by atoms with Gasteiger partial charge in [0, 0.05) is 39.3 Å². The van der Waals surface area contributed by atoms with Gasteiger partial charge < -0.3 is 10.2 Å². The van der Waals surface area contributed by atoms with Crippen molar-refractivity contribution in [2.75, 3.05) is 45.0 Å². The third-order valence-electron chi connectivity index (χ3n) is 4.99. The second-order valence-electron chi connectivity index (χ2n) is 6.97. The number of hydrogen-bond acceptors (Lipinski definition) is 4. The van der Waals surface area contributed by atoms with Crippen LogP contribution in [0.25, 0.3) is 0 Å². The summed E-state index contributed by atoms with van der Waals surface area (Å²) in [6.07, 6.45) is 0.644. The van der Waals surface area contributed by atoms with Gasteiger partial charge in [-0.1, -0.05) is 54.1 Å². The molecule has 29 heavy (non-hydrogen) atoms. The molecule has 1 aliphatic heterocycles. The van der Waals surface area contributed by atoms with Crippen LogP contribution in [0.4, 0.5) is 0 Å². The summed E-state index contributed by atoms with van der Waals surface area (Å²) in [4.78, 5) is 14.7. The fourth-order valence-corrected chi connectivity index (χ4v) is 4.97. The average Bonchev–Trinajstić information content (AvgIpc) is 2.75. The molecule has 1 N–H and O–H groups in total. The Hall–Kier alpha value is -1.93. The Morgan fingerprint density at radius 1 is 1.00 bits per heavy atom. The molecule has 0 spiro atoms. The molecule has 3 rings (SSSR count). The number of halogens is 1. The van der Waals surface area contributed by atoms with Gasteiger partial charge in [-0.3, -0.25) is 4.79 Å². The lowest BCUT2D eigenvalue weighted by Crippen LogP contribution is -2.48. The van der Waals surface area contributed by atoms with Crippen molar-refractivity contribution in [2.24, 2.45) is 0 Å². The lowest BCUT2D eigenvalue weighted by molar-refractivity contribution is 0.0767. The fourth-order valence-electron chi connectivity index (χ4n) is 3.31. The Morgan fingerprint density at radius 2 is 1.66 bits per heavy atom. The molecule has 0 unspecified atom stereocenters. The first-order valence-electron chi connectivity index (χ1n) is 9.73. The van der Waals surface area contributed by atoms with Gasteiger partial charge in [0.2, 0.25) is 10.0 Å². The number of carbonyl (C=O) groups excluding carboxylic acids is 1. The summed E-state index contributed by atoms with van der Waals surface area (Å²) < 4.78 is 26.9. The van der Waals surface area contributed by atoms with Crippen LogP contribution in [0.1, 0.15) is 15.9 Å². The van der Waals surface area contributed by atoms with Crippen LogP contribution >= 0.6 is 11.6 Å². The first kappa shape index (κ1) is 21.8. The van der Waals surface area contributed by atoms with Crippen molar-refractivity contribution in [2.45, 2.75) is 6.42 Å². The quantitative estimate of drug-likeness (QED) is 0.690. The largest absolute Gasteiger partial charge is 0.337 e. The van der Waals surface area contributed by atoms with Gasteiger partial charge in [-0.25, -0.2) is 8.42 Å². The number of carbonyl (C=O) groups is 1. The molecule has 1 amide bonds. The van der Waals surface area contributed by atoms with E-state index in [1.165, 1.54) is 4.31 Å². The summed E-state index contributed by atoms with van der Waals surface area (Å²) in [6, 6.07) is 16.7. The Balaban J connectivity index is 1.73. The van der Waals surface area contributed by atoms with Crippen LogP contribution in [-0.4, -0.2) is 68.6 Å². The molecular weight excluding hydrogens is 410 g/mol. The molecule has 156 valence electrons. The Labute approximate surface area is 177 Å². The first-order chi connectivity index (χ1) is 14.0. The normalized spacial score (nSPS) is 15.2. The van der Waals surface area contributed by atoms with Crippen LogP contribution in [0.3, 0.4) is 0 Å². The Kier molecular flexibility index (Phi) is 7.66. The van der Waals surface area contributed by atoms with Gasteiger partial charge in [0.05, 0.1) is 16.3 Å². The minimum atomic E-state index is -3.42. The van der Waals surface area contributed by atoms with E-state index in [4.69, 9.17) is 11.6 Å². The SMILES string of the molecule is O=C(c1ccccc1Cl)N(CCc1ccccc1)CCS(=O)(=O)N1CCNCC1. The zero-order valence-electron chi connectivity index (χ0n) is 16.3. The number of amides is 1. The van der Waals surface area contributed by atoms with E-state index in [0.29, 0.717) is 49.7 Å². The molecule has 1 fully saturated rings. The molecule has 0 bridgehead atoms. The third-order valence-corrected chi connectivity index (χ3v) is 7.17. The van der Waals surface area contributed by atoms with Gasteiger partial charge in [-0.2, -0.15) is 4.31 Å². The van der Waals surface area contributed by atoms with Crippen LogP contribution in [0.15, 0.2) is 54.6 Å². The van der Waals surface area contributed by atoms with Crippen LogP contribution in [0.2, 0.25) is 5.02 Å². The number of rotatable bonds is 8. The van der Waals surface area contributed by atoms with Gasteiger partial charge in [0.25, 0.3) is 5.91 Å². The molecule has 2 aromatic rings. The van der Waals surface area contributed by atoms with Gasteiger partial charge in [-0.05, 0) is 24.1 Å². The molecule has 1 saturated heterocycles. The number of sulfonamides is 1. The van der Waals surface area contributed by atoms with E-state index in [2.05, 4.69) is 5.32 Å². The van der Waals surface area contributed by atoms with E-state index in [9.17, 15) is 13.2 Å². The summed E-state index contributed by atoms with van der Waals surface area (Å²) in [6.45, 7) is 2.77. The predicted molar refractivity (Wildman–Crippen MR) is 116 cm³/mol. The number of piperazine rings is 1. The summed E-state index contributed by atoms with van der Waals surface area (Å²) in [5.41, 5.74) is 1.48. The molecule has 1 heterocycles. The molecule has 8 heteroatoms. The van der Waals surface area contributed by atoms with Gasteiger partial charge in [0.15, 0.2) is 0 Å². The Bertz CT molecular complexity index is 916. The summed E-state index contributed by atoms with van der Waals surface area (Å²) in [5, 5.41) is 3.52. The zero-order chi connectivity index (χ0) is 20.7.